The average molecular weight is 411 g/mol. The minimum atomic E-state index is -0.800. The van der Waals surface area contributed by atoms with Gasteiger partial charge in [0.15, 0.2) is 11.9 Å². The Labute approximate surface area is 174 Å². The minimum Gasteiger partial charge on any atom is -0.476 e. The molecular formula is C22H25N3O5. The lowest BCUT2D eigenvalue weighted by atomic mass is 10.1. The van der Waals surface area contributed by atoms with Crippen molar-refractivity contribution in [3.05, 3.63) is 46.8 Å². The molecule has 4 rings (SSSR count). The van der Waals surface area contributed by atoms with E-state index >= 15 is 0 Å². The summed E-state index contributed by atoms with van der Waals surface area (Å²) in [5, 5.41) is 0. The third-order valence-electron chi connectivity index (χ3n) is 5.62. The summed E-state index contributed by atoms with van der Waals surface area (Å²) in [7, 11) is 0. The number of hydrogen-bond acceptors (Lipinski definition) is 5. The van der Waals surface area contributed by atoms with E-state index in [1.807, 2.05) is 6.07 Å². The van der Waals surface area contributed by atoms with E-state index in [4.69, 9.17) is 9.47 Å². The fraction of sp³-hybridized carbons (Fsp3) is 0.409. The fourth-order valence-electron chi connectivity index (χ4n) is 4.17. The summed E-state index contributed by atoms with van der Waals surface area (Å²) in [5.74, 6) is -0.0625. The maximum atomic E-state index is 13.5. The number of carbonyl (C=O) groups is 3. The Balaban J connectivity index is 1.68. The number of ether oxygens (including phenoxy) is 2. The molecule has 1 atom stereocenters. The van der Waals surface area contributed by atoms with Crippen molar-refractivity contribution in [3.8, 4) is 5.75 Å². The van der Waals surface area contributed by atoms with Crippen molar-refractivity contribution in [2.24, 2.45) is 0 Å². The van der Waals surface area contributed by atoms with Crippen molar-refractivity contribution in [1.82, 2.24) is 9.88 Å². The average Bonchev–Trinajstić information content (AvgIpc) is 3.06. The summed E-state index contributed by atoms with van der Waals surface area (Å²) < 4.78 is 11.3. The minimum absolute atomic E-state index is 0.0944. The highest BCUT2D eigenvalue weighted by molar-refractivity contribution is 6.10. The SMILES string of the molecule is CC(=O)c1c(C)[nH]c(C(=O)N2CC(C(=O)N3CCOCC3)Oc3ccccc32)c1C. The van der Waals surface area contributed by atoms with Gasteiger partial charge in [-0.3, -0.25) is 19.3 Å². The van der Waals surface area contributed by atoms with Crippen LogP contribution in [0.4, 0.5) is 5.69 Å². The number of amides is 2. The van der Waals surface area contributed by atoms with Gasteiger partial charge in [0.05, 0.1) is 25.4 Å². The molecule has 1 saturated heterocycles. The number of aromatic nitrogens is 1. The predicted octanol–water partition coefficient (Wildman–Crippen LogP) is 2.10. The summed E-state index contributed by atoms with van der Waals surface area (Å²) >= 11 is 0. The maximum Gasteiger partial charge on any atom is 0.275 e. The number of aryl methyl sites for hydroxylation is 1. The zero-order chi connectivity index (χ0) is 21.4. The number of Topliss-reactive ketones (excluding diaryl/α,β-unsaturated/α-hetero) is 1. The third-order valence-corrected chi connectivity index (χ3v) is 5.62. The molecule has 1 N–H and O–H groups in total. The molecule has 0 bridgehead atoms. The van der Waals surface area contributed by atoms with Crippen molar-refractivity contribution < 1.29 is 23.9 Å². The van der Waals surface area contributed by atoms with Gasteiger partial charge < -0.3 is 19.4 Å². The fourth-order valence-corrected chi connectivity index (χ4v) is 4.17. The number of aromatic amines is 1. The Kier molecular flexibility index (Phi) is 5.34. The number of hydrogen-bond donors (Lipinski definition) is 1. The second-order valence-electron chi connectivity index (χ2n) is 7.61. The van der Waals surface area contributed by atoms with Crippen molar-refractivity contribution in [2.75, 3.05) is 37.7 Å². The van der Waals surface area contributed by atoms with Gasteiger partial charge in [-0.15, -0.1) is 0 Å². The predicted molar refractivity (Wildman–Crippen MR) is 110 cm³/mol. The number of nitrogens with zero attached hydrogens (tertiary/aromatic N) is 2. The highest BCUT2D eigenvalue weighted by Crippen LogP contribution is 2.35. The molecule has 0 radical (unpaired) electrons. The summed E-state index contributed by atoms with van der Waals surface area (Å²) in [4.78, 5) is 44.9. The van der Waals surface area contributed by atoms with E-state index < -0.39 is 6.10 Å². The molecule has 8 heteroatoms. The lowest BCUT2D eigenvalue weighted by molar-refractivity contribution is -0.142. The number of fused-ring (bicyclic) bond motifs is 1. The topological polar surface area (TPSA) is 91.9 Å². The van der Waals surface area contributed by atoms with Crippen molar-refractivity contribution in [1.29, 1.82) is 0 Å². The van der Waals surface area contributed by atoms with Crippen molar-refractivity contribution >= 4 is 23.3 Å². The van der Waals surface area contributed by atoms with E-state index in [0.717, 1.165) is 0 Å². The van der Waals surface area contributed by atoms with E-state index in [0.29, 0.717) is 60.3 Å². The molecule has 1 aromatic heterocycles. The van der Waals surface area contributed by atoms with Crippen LogP contribution in [0.3, 0.4) is 0 Å². The number of carbonyl (C=O) groups excluding carboxylic acids is 3. The number of nitrogens with one attached hydrogen (secondary N) is 1. The molecule has 0 spiro atoms. The summed E-state index contributed by atoms with van der Waals surface area (Å²) in [5.41, 5.74) is 2.76. The molecule has 1 fully saturated rings. The number of H-pyrrole nitrogens is 1. The van der Waals surface area contributed by atoms with Gasteiger partial charge in [0.25, 0.3) is 11.8 Å². The normalized spacial score (nSPS) is 18.6. The van der Waals surface area contributed by atoms with Crippen LogP contribution in [0.5, 0.6) is 5.75 Å². The van der Waals surface area contributed by atoms with Crippen LogP contribution in [0.2, 0.25) is 0 Å². The summed E-state index contributed by atoms with van der Waals surface area (Å²) in [6.45, 7) is 7.11. The van der Waals surface area contributed by atoms with Crippen LogP contribution < -0.4 is 9.64 Å². The van der Waals surface area contributed by atoms with Crippen molar-refractivity contribution in [2.45, 2.75) is 26.9 Å². The molecule has 2 aromatic rings. The van der Waals surface area contributed by atoms with Crippen LogP contribution in [0, 0.1) is 13.8 Å². The van der Waals surface area contributed by atoms with Gasteiger partial charge in [0, 0.05) is 24.3 Å². The molecule has 8 nitrogen and oxygen atoms in total. The molecule has 1 unspecified atom stereocenters. The monoisotopic (exact) mass is 411 g/mol. The highest BCUT2D eigenvalue weighted by Gasteiger charge is 2.37. The Morgan fingerprint density at radius 2 is 1.80 bits per heavy atom. The standard InChI is InChI=1S/C22H25N3O5/c1-13-19(15(3)26)14(2)23-20(13)22(28)25-12-18(21(27)24-8-10-29-11-9-24)30-17-7-5-4-6-16(17)25/h4-7,18,23H,8-12H2,1-3H3. The second-order valence-corrected chi connectivity index (χ2v) is 7.61. The number of benzene rings is 1. The van der Waals surface area contributed by atoms with Crippen LogP contribution in [0.15, 0.2) is 24.3 Å². The van der Waals surface area contributed by atoms with Gasteiger partial charge in [-0.1, -0.05) is 12.1 Å². The van der Waals surface area contributed by atoms with Crippen LogP contribution >= 0.6 is 0 Å². The van der Waals surface area contributed by atoms with Gasteiger partial charge in [-0.25, -0.2) is 0 Å². The molecular weight excluding hydrogens is 386 g/mol. The molecule has 2 aliphatic rings. The van der Waals surface area contributed by atoms with E-state index in [9.17, 15) is 14.4 Å². The van der Waals surface area contributed by atoms with E-state index in [-0.39, 0.29) is 24.1 Å². The first-order valence-electron chi connectivity index (χ1n) is 10.0. The molecule has 0 saturated carbocycles. The van der Waals surface area contributed by atoms with Crippen LogP contribution in [0.25, 0.3) is 0 Å². The Morgan fingerprint density at radius 1 is 1.10 bits per heavy atom. The number of para-hydroxylation sites is 2. The zero-order valence-electron chi connectivity index (χ0n) is 17.4. The largest absolute Gasteiger partial charge is 0.476 e. The second kappa shape index (κ2) is 7.95. The molecule has 158 valence electrons. The molecule has 2 aliphatic heterocycles. The quantitative estimate of drug-likeness (QED) is 0.781. The lowest BCUT2D eigenvalue weighted by Gasteiger charge is -2.37. The summed E-state index contributed by atoms with van der Waals surface area (Å²) in [6.07, 6.45) is -0.800. The molecule has 3 heterocycles. The smallest absolute Gasteiger partial charge is 0.275 e. The van der Waals surface area contributed by atoms with E-state index in [2.05, 4.69) is 4.98 Å². The first kappa shape index (κ1) is 20.2. The molecule has 30 heavy (non-hydrogen) atoms. The lowest BCUT2D eigenvalue weighted by Crippen LogP contribution is -2.54. The Hall–Kier alpha value is -3.13. The summed E-state index contributed by atoms with van der Waals surface area (Å²) in [6, 6.07) is 7.17. The first-order chi connectivity index (χ1) is 14.4. The van der Waals surface area contributed by atoms with Gasteiger partial charge in [0.2, 0.25) is 0 Å². The number of anilines is 1. The van der Waals surface area contributed by atoms with Crippen LogP contribution in [-0.4, -0.2) is 66.4 Å². The molecule has 2 amide bonds. The Bertz CT molecular complexity index is 1010. The van der Waals surface area contributed by atoms with Gasteiger partial charge >= 0.3 is 0 Å². The Morgan fingerprint density at radius 3 is 2.47 bits per heavy atom. The number of rotatable bonds is 3. The first-order valence-corrected chi connectivity index (χ1v) is 10.0. The van der Waals surface area contributed by atoms with Crippen LogP contribution in [0.1, 0.15) is 39.0 Å². The van der Waals surface area contributed by atoms with E-state index in [1.165, 1.54) is 6.92 Å². The third kappa shape index (κ3) is 3.47. The highest BCUT2D eigenvalue weighted by atomic mass is 16.5. The van der Waals surface area contributed by atoms with Gasteiger partial charge in [0.1, 0.15) is 11.4 Å². The van der Waals surface area contributed by atoms with Crippen LogP contribution in [-0.2, 0) is 9.53 Å². The van der Waals surface area contributed by atoms with E-state index in [1.54, 1.807) is 41.8 Å². The van der Waals surface area contributed by atoms with Gasteiger partial charge in [-0.05, 0) is 38.5 Å². The number of morpholine rings is 1. The molecule has 0 aliphatic carbocycles. The molecule has 1 aromatic carbocycles. The maximum absolute atomic E-state index is 13.5. The van der Waals surface area contributed by atoms with Gasteiger partial charge in [-0.2, -0.15) is 0 Å². The van der Waals surface area contributed by atoms with Crippen molar-refractivity contribution in [3.63, 3.8) is 0 Å². The number of ketones is 1. The zero-order valence-corrected chi connectivity index (χ0v) is 17.4.